The molecule has 4 heteroatoms. The molecule has 2 heterocycles. The van der Waals surface area contributed by atoms with Crippen LogP contribution < -0.4 is 0 Å². The Hall–Kier alpha value is -0.540. The van der Waals surface area contributed by atoms with E-state index in [0.717, 1.165) is 23.8 Å². The standard InChI is InChI=1S/C13H18ClNOS/c1-13(2,3)7-12(16)15-5-4-10-9(8-15)6-11(14)17-10/h6H,4-5,7-8H2,1-3H3. The fourth-order valence-corrected chi connectivity index (χ4v) is 3.37. The Morgan fingerprint density at radius 3 is 2.88 bits per heavy atom. The third kappa shape index (κ3) is 3.23. The largest absolute Gasteiger partial charge is 0.338 e. The molecule has 0 spiro atoms. The maximum atomic E-state index is 12.1. The van der Waals surface area contributed by atoms with E-state index in [2.05, 4.69) is 20.8 Å². The number of amides is 1. The van der Waals surface area contributed by atoms with Crippen molar-refractivity contribution in [3.8, 4) is 0 Å². The van der Waals surface area contributed by atoms with E-state index < -0.39 is 0 Å². The fraction of sp³-hybridized carbons (Fsp3) is 0.615. The van der Waals surface area contributed by atoms with Crippen molar-refractivity contribution >= 4 is 28.8 Å². The Morgan fingerprint density at radius 2 is 2.24 bits per heavy atom. The molecule has 1 aliphatic heterocycles. The van der Waals surface area contributed by atoms with Crippen LogP contribution in [0.15, 0.2) is 6.07 Å². The Balaban J connectivity index is 2.05. The minimum absolute atomic E-state index is 0.0592. The molecule has 0 aromatic carbocycles. The van der Waals surface area contributed by atoms with Gasteiger partial charge < -0.3 is 4.90 Å². The Bertz CT molecular complexity index is 433. The molecule has 2 nitrogen and oxygen atoms in total. The van der Waals surface area contributed by atoms with E-state index in [1.165, 1.54) is 10.4 Å². The average molecular weight is 272 g/mol. The molecular weight excluding hydrogens is 254 g/mol. The van der Waals surface area contributed by atoms with Crippen LogP contribution in [0.25, 0.3) is 0 Å². The number of thiophene rings is 1. The second-order valence-corrected chi connectivity index (χ2v) is 7.57. The van der Waals surface area contributed by atoms with Crippen molar-refractivity contribution in [2.75, 3.05) is 6.54 Å². The summed E-state index contributed by atoms with van der Waals surface area (Å²) in [4.78, 5) is 15.4. The maximum Gasteiger partial charge on any atom is 0.223 e. The summed E-state index contributed by atoms with van der Waals surface area (Å²) in [5.74, 6) is 0.255. The third-order valence-corrected chi connectivity index (χ3v) is 4.24. The van der Waals surface area contributed by atoms with Gasteiger partial charge in [0.25, 0.3) is 0 Å². The number of hydrogen-bond acceptors (Lipinski definition) is 2. The molecule has 0 unspecified atom stereocenters. The molecule has 1 amide bonds. The highest BCUT2D eigenvalue weighted by atomic mass is 35.5. The van der Waals surface area contributed by atoms with Crippen molar-refractivity contribution < 1.29 is 4.79 Å². The zero-order valence-corrected chi connectivity index (χ0v) is 12.1. The molecule has 0 fully saturated rings. The zero-order valence-electron chi connectivity index (χ0n) is 10.5. The van der Waals surface area contributed by atoms with Gasteiger partial charge in [0.1, 0.15) is 0 Å². The molecule has 94 valence electrons. The van der Waals surface area contributed by atoms with Gasteiger partial charge in [0.15, 0.2) is 0 Å². The lowest BCUT2D eigenvalue weighted by Crippen LogP contribution is -2.37. The number of halogens is 1. The summed E-state index contributed by atoms with van der Waals surface area (Å²) in [5.41, 5.74) is 1.29. The highest BCUT2D eigenvalue weighted by molar-refractivity contribution is 7.16. The summed E-state index contributed by atoms with van der Waals surface area (Å²) in [6.07, 6.45) is 1.56. The normalized spacial score (nSPS) is 15.9. The van der Waals surface area contributed by atoms with Crippen molar-refractivity contribution in [3.05, 3.63) is 20.8 Å². The molecular formula is C13H18ClNOS. The molecule has 0 aliphatic carbocycles. The van der Waals surface area contributed by atoms with Crippen LogP contribution in [0, 0.1) is 5.41 Å². The van der Waals surface area contributed by atoms with Gasteiger partial charge in [-0.3, -0.25) is 4.79 Å². The SMILES string of the molecule is CC(C)(C)CC(=O)N1CCc2sc(Cl)cc2C1. The zero-order chi connectivity index (χ0) is 12.6. The van der Waals surface area contributed by atoms with Crippen molar-refractivity contribution in [1.82, 2.24) is 4.90 Å². The fourth-order valence-electron chi connectivity index (χ4n) is 2.08. The number of fused-ring (bicyclic) bond motifs is 1. The van der Waals surface area contributed by atoms with Crippen LogP contribution >= 0.6 is 22.9 Å². The number of carbonyl (C=O) groups is 1. The lowest BCUT2D eigenvalue weighted by molar-refractivity contribution is -0.134. The van der Waals surface area contributed by atoms with E-state index in [1.807, 2.05) is 11.0 Å². The van der Waals surface area contributed by atoms with Gasteiger partial charge in [0.2, 0.25) is 5.91 Å². The van der Waals surface area contributed by atoms with Crippen LogP contribution in [-0.4, -0.2) is 17.4 Å². The van der Waals surface area contributed by atoms with E-state index in [0.29, 0.717) is 6.42 Å². The van der Waals surface area contributed by atoms with E-state index in [1.54, 1.807) is 11.3 Å². The van der Waals surface area contributed by atoms with Crippen LogP contribution in [0.1, 0.15) is 37.6 Å². The van der Waals surface area contributed by atoms with E-state index in [4.69, 9.17) is 11.6 Å². The van der Waals surface area contributed by atoms with Crippen LogP contribution in [-0.2, 0) is 17.8 Å². The topological polar surface area (TPSA) is 20.3 Å². The highest BCUT2D eigenvalue weighted by Crippen LogP contribution is 2.32. The minimum Gasteiger partial charge on any atom is -0.338 e. The third-order valence-electron chi connectivity index (χ3n) is 2.87. The van der Waals surface area contributed by atoms with Gasteiger partial charge in [0, 0.05) is 24.4 Å². The van der Waals surface area contributed by atoms with E-state index in [-0.39, 0.29) is 11.3 Å². The van der Waals surface area contributed by atoms with Crippen LogP contribution in [0.4, 0.5) is 0 Å². The summed E-state index contributed by atoms with van der Waals surface area (Å²) < 4.78 is 0.833. The molecule has 2 rings (SSSR count). The number of carbonyl (C=O) groups excluding carboxylic acids is 1. The van der Waals surface area contributed by atoms with Gasteiger partial charge in [-0.1, -0.05) is 32.4 Å². The molecule has 0 atom stereocenters. The Labute approximate surface area is 112 Å². The van der Waals surface area contributed by atoms with Gasteiger partial charge in [0.05, 0.1) is 4.34 Å². The molecule has 1 aromatic rings. The van der Waals surface area contributed by atoms with Crippen molar-refractivity contribution in [2.24, 2.45) is 5.41 Å². The summed E-state index contributed by atoms with van der Waals surface area (Å²) in [7, 11) is 0. The van der Waals surface area contributed by atoms with Gasteiger partial charge in [-0.2, -0.15) is 0 Å². The molecule has 0 bridgehead atoms. The number of rotatable bonds is 1. The van der Waals surface area contributed by atoms with Crippen molar-refractivity contribution in [2.45, 2.75) is 40.2 Å². The first-order valence-corrected chi connectivity index (χ1v) is 7.09. The lowest BCUT2D eigenvalue weighted by Gasteiger charge is -2.29. The first-order valence-electron chi connectivity index (χ1n) is 5.90. The molecule has 0 radical (unpaired) electrons. The maximum absolute atomic E-state index is 12.1. The molecule has 0 N–H and O–H groups in total. The first kappa shape index (κ1) is 12.9. The monoisotopic (exact) mass is 271 g/mol. The van der Waals surface area contributed by atoms with Gasteiger partial charge >= 0.3 is 0 Å². The number of hydrogen-bond donors (Lipinski definition) is 0. The van der Waals surface area contributed by atoms with Crippen LogP contribution in [0.2, 0.25) is 4.34 Å². The molecule has 0 saturated carbocycles. The van der Waals surface area contributed by atoms with Gasteiger partial charge in [-0.05, 0) is 23.5 Å². The molecule has 1 aromatic heterocycles. The second kappa shape index (κ2) is 4.62. The predicted molar refractivity (Wildman–Crippen MR) is 72.5 cm³/mol. The molecule has 17 heavy (non-hydrogen) atoms. The average Bonchev–Trinajstić information content (AvgIpc) is 2.53. The molecule has 1 aliphatic rings. The summed E-state index contributed by atoms with van der Waals surface area (Å²) >= 11 is 7.64. The van der Waals surface area contributed by atoms with Gasteiger partial charge in [-0.15, -0.1) is 11.3 Å². The predicted octanol–water partition coefficient (Wildman–Crippen LogP) is 3.72. The quantitative estimate of drug-likeness (QED) is 0.762. The lowest BCUT2D eigenvalue weighted by atomic mass is 9.91. The molecule has 0 saturated heterocycles. The first-order chi connectivity index (χ1) is 7.85. The minimum atomic E-state index is 0.0592. The second-order valence-electron chi connectivity index (χ2n) is 5.80. The summed E-state index contributed by atoms with van der Waals surface area (Å²) in [5, 5.41) is 0. The van der Waals surface area contributed by atoms with Crippen molar-refractivity contribution in [1.29, 1.82) is 0 Å². The van der Waals surface area contributed by atoms with Gasteiger partial charge in [-0.25, -0.2) is 0 Å². The Morgan fingerprint density at radius 1 is 1.53 bits per heavy atom. The van der Waals surface area contributed by atoms with Crippen LogP contribution in [0.5, 0.6) is 0 Å². The van der Waals surface area contributed by atoms with Crippen LogP contribution in [0.3, 0.4) is 0 Å². The highest BCUT2D eigenvalue weighted by Gasteiger charge is 2.25. The van der Waals surface area contributed by atoms with E-state index >= 15 is 0 Å². The number of nitrogens with zero attached hydrogens (tertiary/aromatic N) is 1. The van der Waals surface area contributed by atoms with Crippen molar-refractivity contribution in [3.63, 3.8) is 0 Å². The summed E-state index contributed by atoms with van der Waals surface area (Å²) in [6.45, 7) is 7.86. The smallest absolute Gasteiger partial charge is 0.223 e. The summed E-state index contributed by atoms with van der Waals surface area (Å²) in [6, 6.07) is 2.00. The Kier molecular flexibility index (Phi) is 3.50. The van der Waals surface area contributed by atoms with E-state index in [9.17, 15) is 4.79 Å².